The Morgan fingerprint density at radius 1 is 0.276 bits per heavy atom. The fourth-order valence-electron chi connectivity index (χ4n) is 9.27. The number of esters is 3. The lowest BCUT2D eigenvalue weighted by Gasteiger charge is -2.18. The minimum absolute atomic E-state index is 0.0846. The van der Waals surface area contributed by atoms with E-state index in [1.807, 2.05) is 0 Å². The minimum atomic E-state index is -0.789. The van der Waals surface area contributed by atoms with Gasteiger partial charge in [-0.25, -0.2) is 0 Å². The van der Waals surface area contributed by atoms with E-state index >= 15 is 0 Å². The summed E-state index contributed by atoms with van der Waals surface area (Å²) < 4.78 is 16.9. The zero-order valence-electron chi connectivity index (χ0n) is 50.3. The number of hydrogen-bond donors (Lipinski definition) is 0. The predicted octanol–water partition coefficient (Wildman–Crippen LogP) is 22.3. The van der Waals surface area contributed by atoms with Gasteiger partial charge in [-0.1, -0.05) is 292 Å². The first kappa shape index (κ1) is 72.6. The van der Waals surface area contributed by atoms with E-state index in [2.05, 4.69) is 106 Å². The van der Waals surface area contributed by atoms with Crippen molar-refractivity contribution in [2.45, 2.75) is 329 Å². The topological polar surface area (TPSA) is 78.9 Å². The number of rotatable bonds is 59. The molecule has 0 heterocycles. The number of ether oxygens (including phenoxy) is 3. The lowest BCUT2D eigenvalue weighted by Crippen LogP contribution is -2.30. The van der Waals surface area contributed by atoms with Crippen LogP contribution < -0.4 is 0 Å². The highest BCUT2D eigenvalue weighted by Crippen LogP contribution is 2.17. The van der Waals surface area contributed by atoms with Crippen LogP contribution in [0.2, 0.25) is 0 Å². The molecule has 0 aliphatic heterocycles. The molecule has 438 valence electrons. The average Bonchev–Trinajstić information content (AvgIpc) is 3.42. The maximum atomic E-state index is 12.9. The van der Waals surface area contributed by atoms with Gasteiger partial charge in [0.05, 0.1) is 0 Å². The Kier molecular flexibility index (Phi) is 61.2. The molecule has 0 fully saturated rings. The van der Waals surface area contributed by atoms with Crippen LogP contribution in [0.25, 0.3) is 0 Å². The van der Waals surface area contributed by atoms with E-state index in [1.165, 1.54) is 161 Å². The molecule has 0 rings (SSSR count). The Morgan fingerprint density at radius 2 is 0.513 bits per heavy atom. The Morgan fingerprint density at radius 3 is 0.829 bits per heavy atom. The highest BCUT2D eigenvalue weighted by molar-refractivity contribution is 5.71. The van der Waals surface area contributed by atoms with Gasteiger partial charge in [0.15, 0.2) is 6.10 Å². The monoisotopic (exact) mass is 1060 g/mol. The molecule has 6 nitrogen and oxygen atoms in total. The van der Waals surface area contributed by atoms with E-state index in [9.17, 15) is 14.4 Å². The van der Waals surface area contributed by atoms with E-state index in [4.69, 9.17) is 14.2 Å². The number of unbranched alkanes of at least 4 members (excludes halogenated alkanes) is 34. The first-order valence-corrected chi connectivity index (χ1v) is 32.6. The number of carbonyl (C=O) groups is 3. The summed E-state index contributed by atoms with van der Waals surface area (Å²) in [5.74, 6) is -0.895. The van der Waals surface area contributed by atoms with Crippen LogP contribution in [0.1, 0.15) is 323 Å². The van der Waals surface area contributed by atoms with Crippen molar-refractivity contribution in [1.29, 1.82) is 0 Å². The normalized spacial score (nSPS) is 12.6. The summed E-state index contributed by atoms with van der Waals surface area (Å²) in [6, 6.07) is 0. The Balaban J connectivity index is 4.41. The summed E-state index contributed by atoms with van der Waals surface area (Å²) in [6.07, 6.45) is 84.4. The molecular weight excluding hydrogens is 937 g/mol. The Bertz CT molecular complexity index is 1450. The van der Waals surface area contributed by atoms with Crippen LogP contribution in [-0.4, -0.2) is 37.2 Å². The summed E-state index contributed by atoms with van der Waals surface area (Å²) in [5.41, 5.74) is 0. The molecule has 0 aliphatic rings. The molecule has 0 amide bonds. The predicted molar refractivity (Wildman–Crippen MR) is 330 cm³/mol. The summed E-state index contributed by atoms with van der Waals surface area (Å²) in [6.45, 7) is 6.52. The standard InChI is InChI=1S/C70H122O6/c1-4-7-10-13-16-19-22-25-28-31-33-35-37-39-42-45-48-51-54-57-60-63-69(72)75-66-67(65-74-68(71)62-59-56-53-50-47-44-41-38-30-27-24-21-18-15-12-9-6-3)76-70(73)64-61-58-55-52-49-46-43-40-36-34-32-29-26-23-20-17-14-11-8-5-2/h7,10,16,18-19,21,25,27-28,30,33,35,39,42,67H,4-6,8-9,11-15,17,20,22-24,26,29,31-32,34,36-38,40-41,43-66H2,1-3H3/b10-7-,19-16-,21-18-,28-25-,30-27-,35-33-,42-39-. The lowest BCUT2D eigenvalue weighted by atomic mass is 10.0. The van der Waals surface area contributed by atoms with Gasteiger partial charge in [-0.15, -0.1) is 0 Å². The van der Waals surface area contributed by atoms with Gasteiger partial charge in [0.1, 0.15) is 13.2 Å². The summed E-state index contributed by atoms with van der Waals surface area (Å²) in [4.78, 5) is 38.4. The van der Waals surface area contributed by atoms with Crippen LogP contribution >= 0.6 is 0 Å². The smallest absolute Gasteiger partial charge is 0.306 e. The second-order valence-corrected chi connectivity index (χ2v) is 21.6. The first-order chi connectivity index (χ1) is 37.5. The van der Waals surface area contributed by atoms with Gasteiger partial charge in [-0.2, -0.15) is 0 Å². The first-order valence-electron chi connectivity index (χ1n) is 32.6. The van der Waals surface area contributed by atoms with Gasteiger partial charge >= 0.3 is 17.9 Å². The molecule has 0 radical (unpaired) electrons. The number of hydrogen-bond acceptors (Lipinski definition) is 6. The van der Waals surface area contributed by atoms with E-state index < -0.39 is 6.10 Å². The number of allylic oxidation sites excluding steroid dienone is 14. The average molecular weight is 1060 g/mol. The molecule has 0 saturated heterocycles. The van der Waals surface area contributed by atoms with Crippen molar-refractivity contribution in [2.75, 3.05) is 13.2 Å². The highest BCUT2D eigenvalue weighted by Gasteiger charge is 2.19. The van der Waals surface area contributed by atoms with Crippen LogP contribution in [0, 0.1) is 0 Å². The molecule has 1 unspecified atom stereocenters. The van der Waals surface area contributed by atoms with Crippen LogP contribution in [0.4, 0.5) is 0 Å². The van der Waals surface area contributed by atoms with Crippen molar-refractivity contribution in [3.63, 3.8) is 0 Å². The molecule has 1 atom stereocenters. The second-order valence-electron chi connectivity index (χ2n) is 21.6. The van der Waals surface area contributed by atoms with Crippen LogP contribution in [0.15, 0.2) is 85.1 Å². The van der Waals surface area contributed by atoms with Gasteiger partial charge < -0.3 is 14.2 Å². The van der Waals surface area contributed by atoms with Crippen LogP contribution in [0.3, 0.4) is 0 Å². The second kappa shape index (κ2) is 64.1. The summed E-state index contributed by atoms with van der Waals surface area (Å²) >= 11 is 0. The molecule has 0 aliphatic carbocycles. The van der Waals surface area contributed by atoms with E-state index in [0.29, 0.717) is 19.3 Å². The molecule has 0 aromatic carbocycles. The van der Waals surface area contributed by atoms with Crippen molar-refractivity contribution in [2.24, 2.45) is 0 Å². The van der Waals surface area contributed by atoms with Gasteiger partial charge in [0.25, 0.3) is 0 Å². The zero-order chi connectivity index (χ0) is 55.0. The fraction of sp³-hybridized carbons (Fsp3) is 0.757. The van der Waals surface area contributed by atoms with Crippen LogP contribution in [0.5, 0.6) is 0 Å². The molecule has 0 saturated carbocycles. The molecule has 76 heavy (non-hydrogen) atoms. The molecule has 0 spiro atoms. The van der Waals surface area contributed by atoms with Gasteiger partial charge in [-0.05, 0) is 96.3 Å². The third-order valence-corrected chi connectivity index (χ3v) is 14.1. The molecular formula is C70H122O6. The fourth-order valence-corrected chi connectivity index (χ4v) is 9.27. The highest BCUT2D eigenvalue weighted by atomic mass is 16.6. The largest absolute Gasteiger partial charge is 0.462 e. The summed E-state index contributed by atoms with van der Waals surface area (Å²) in [5, 5.41) is 0. The molecule has 0 bridgehead atoms. The Labute approximate surface area is 471 Å². The molecule has 0 aromatic rings. The summed E-state index contributed by atoms with van der Waals surface area (Å²) in [7, 11) is 0. The SMILES string of the molecule is CC/C=C\C/C=C\C/C=C\C/C=C\C/C=C\CCCCCCCC(=O)OCC(COC(=O)CCCCCCCCC/C=C\C/C=C\CCCCC)OC(=O)CCCCCCCCCCCCCCCCCCCCCC. The molecule has 0 aromatic heterocycles. The van der Waals surface area contributed by atoms with Crippen molar-refractivity contribution in [1.82, 2.24) is 0 Å². The van der Waals surface area contributed by atoms with Gasteiger partial charge in [0, 0.05) is 19.3 Å². The number of carbonyl (C=O) groups excluding carboxylic acids is 3. The minimum Gasteiger partial charge on any atom is -0.462 e. The van der Waals surface area contributed by atoms with E-state index in [-0.39, 0.29) is 31.1 Å². The lowest BCUT2D eigenvalue weighted by molar-refractivity contribution is -0.167. The third-order valence-electron chi connectivity index (χ3n) is 14.1. The van der Waals surface area contributed by atoms with Crippen molar-refractivity contribution < 1.29 is 28.6 Å². The quantitative estimate of drug-likeness (QED) is 0.0261. The van der Waals surface area contributed by atoms with Crippen molar-refractivity contribution in [3.8, 4) is 0 Å². The van der Waals surface area contributed by atoms with Crippen molar-refractivity contribution >= 4 is 17.9 Å². The van der Waals surface area contributed by atoms with Crippen molar-refractivity contribution in [3.05, 3.63) is 85.1 Å². The van der Waals surface area contributed by atoms with E-state index in [1.54, 1.807) is 0 Å². The molecule has 0 N–H and O–H groups in total. The van der Waals surface area contributed by atoms with Gasteiger partial charge in [-0.3, -0.25) is 14.4 Å². The van der Waals surface area contributed by atoms with Gasteiger partial charge in [0.2, 0.25) is 0 Å². The Hall–Kier alpha value is -3.41. The third kappa shape index (κ3) is 61.4. The van der Waals surface area contributed by atoms with E-state index in [0.717, 1.165) is 122 Å². The van der Waals surface area contributed by atoms with Crippen LogP contribution in [-0.2, 0) is 28.6 Å². The maximum absolute atomic E-state index is 12.9. The molecule has 6 heteroatoms. The zero-order valence-corrected chi connectivity index (χ0v) is 50.3. The maximum Gasteiger partial charge on any atom is 0.306 e.